The van der Waals surface area contributed by atoms with Gasteiger partial charge < -0.3 is 15.4 Å². The molecule has 0 saturated carbocycles. The van der Waals surface area contributed by atoms with Crippen molar-refractivity contribution < 1.29 is 15.8 Å². The highest BCUT2D eigenvalue weighted by atomic mass is 16.5. The Hall–Kier alpha value is -1.10. The largest absolute Gasteiger partial charge is 0.381 e. The first-order valence-corrected chi connectivity index (χ1v) is 6.25. The first kappa shape index (κ1) is 18.3. The standard InChI is InChI=1S/C10H20N2O3.C2H6.H2/c1-3-7-15-8-5-10(14)12-6-4-9(13)11-2;1-2;/h3-8H2,1-2H3,(H,11,13)(H,12,14);1-2H3;1H. The van der Waals surface area contributed by atoms with Gasteiger partial charge in [-0.05, 0) is 6.42 Å². The second-order valence-electron chi connectivity index (χ2n) is 3.14. The average Bonchev–Trinajstić information content (AvgIpc) is 2.37. The van der Waals surface area contributed by atoms with E-state index in [2.05, 4.69) is 10.6 Å². The van der Waals surface area contributed by atoms with Gasteiger partial charge in [0.05, 0.1) is 6.61 Å². The van der Waals surface area contributed by atoms with Gasteiger partial charge in [-0.15, -0.1) is 0 Å². The molecule has 0 aliphatic rings. The molecule has 0 heterocycles. The minimum Gasteiger partial charge on any atom is -0.381 e. The highest BCUT2D eigenvalue weighted by molar-refractivity contribution is 5.78. The van der Waals surface area contributed by atoms with Crippen LogP contribution in [0, 0.1) is 0 Å². The van der Waals surface area contributed by atoms with Crippen molar-refractivity contribution in [2.45, 2.75) is 40.0 Å². The quantitative estimate of drug-likeness (QED) is 0.637. The van der Waals surface area contributed by atoms with Gasteiger partial charge in [0.1, 0.15) is 0 Å². The van der Waals surface area contributed by atoms with E-state index in [4.69, 9.17) is 4.74 Å². The number of hydrogen-bond acceptors (Lipinski definition) is 3. The fourth-order valence-corrected chi connectivity index (χ4v) is 0.940. The van der Waals surface area contributed by atoms with Crippen LogP contribution in [-0.2, 0) is 14.3 Å². The van der Waals surface area contributed by atoms with Crippen LogP contribution in [0.15, 0.2) is 0 Å². The van der Waals surface area contributed by atoms with Gasteiger partial charge >= 0.3 is 0 Å². The van der Waals surface area contributed by atoms with Crippen molar-refractivity contribution in [3.8, 4) is 0 Å². The third-order valence-electron chi connectivity index (χ3n) is 1.77. The molecule has 0 rings (SSSR count). The van der Waals surface area contributed by atoms with E-state index in [0.717, 1.165) is 6.42 Å². The van der Waals surface area contributed by atoms with Gasteiger partial charge in [0.2, 0.25) is 11.8 Å². The van der Waals surface area contributed by atoms with Gasteiger partial charge in [0, 0.05) is 34.5 Å². The lowest BCUT2D eigenvalue weighted by Crippen LogP contribution is -2.29. The van der Waals surface area contributed by atoms with Gasteiger partial charge in [0.15, 0.2) is 0 Å². The Morgan fingerprint density at radius 3 is 2.29 bits per heavy atom. The Bertz CT molecular complexity index is 202. The topological polar surface area (TPSA) is 67.4 Å². The van der Waals surface area contributed by atoms with Crippen LogP contribution in [0.3, 0.4) is 0 Å². The molecule has 0 aromatic heterocycles. The van der Waals surface area contributed by atoms with Gasteiger partial charge in [-0.2, -0.15) is 0 Å². The minimum atomic E-state index is -0.0741. The summed E-state index contributed by atoms with van der Waals surface area (Å²) in [6.07, 6.45) is 1.63. The van der Waals surface area contributed by atoms with Gasteiger partial charge in [0.25, 0.3) is 0 Å². The molecule has 2 amide bonds. The summed E-state index contributed by atoms with van der Waals surface area (Å²) in [5.74, 6) is -0.146. The van der Waals surface area contributed by atoms with Gasteiger partial charge in [-0.1, -0.05) is 20.8 Å². The van der Waals surface area contributed by atoms with E-state index in [-0.39, 0.29) is 13.2 Å². The van der Waals surface area contributed by atoms with Crippen LogP contribution >= 0.6 is 0 Å². The molecule has 0 saturated heterocycles. The Morgan fingerprint density at radius 1 is 1.12 bits per heavy atom. The number of rotatable bonds is 8. The van der Waals surface area contributed by atoms with E-state index in [1.165, 1.54) is 0 Å². The van der Waals surface area contributed by atoms with Crippen LogP contribution < -0.4 is 10.6 Å². The lowest BCUT2D eigenvalue weighted by molar-refractivity contribution is -0.122. The molecule has 0 fully saturated rings. The molecular weight excluding hydrogens is 220 g/mol. The van der Waals surface area contributed by atoms with Crippen molar-refractivity contribution in [3.05, 3.63) is 0 Å². The Balaban J connectivity index is -0.000000709. The normalized spacial score (nSPS) is 8.94. The molecule has 0 aliphatic carbocycles. The molecule has 17 heavy (non-hydrogen) atoms. The van der Waals surface area contributed by atoms with Gasteiger partial charge in [-0.3, -0.25) is 9.59 Å². The summed E-state index contributed by atoms with van der Waals surface area (Å²) in [7, 11) is 1.57. The van der Waals surface area contributed by atoms with E-state index in [0.29, 0.717) is 32.6 Å². The Kier molecular flexibility index (Phi) is 16.0. The van der Waals surface area contributed by atoms with Crippen LogP contribution in [0.1, 0.15) is 41.5 Å². The number of amides is 2. The van der Waals surface area contributed by atoms with Crippen LogP contribution in [0.25, 0.3) is 0 Å². The first-order valence-electron chi connectivity index (χ1n) is 6.25. The molecule has 5 heteroatoms. The summed E-state index contributed by atoms with van der Waals surface area (Å²) >= 11 is 0. The molecule has 2 N–H and O–H groups in total. The number of carbonyl (C=O) groups excluding carboxylic acids is 2. The number of carbonyl (C=O) groups is 2. The minimum absolute atomic E-state index is 0. The zero-order valence-corrected chi connectivity index (χ0v) is 11.5. The fraction of sp³-hybridized carbons (Fsp3) is 0.833. The summed E-state index contributed by atoms with van der Waals surface area (Å²) in [4.78, 5) is 22.0. The third-order valence-corrected chi connectivity index (χ3v) is 1.77. The maximum absolute atomic E-state index is 11.2. The van der Waals surface area contributed by atoms with E-state index in [1.54, 1.807) is 7.05 Å². The van der Waals surface area contributed by atoms with E-state index < -0.39 is 0 Å². The van der Waals surface area contributed by atoms with Crippen molar-refractivity contribution in [2.75, 3.05) is 26.8 Å². The van der Waals surface area contributed by atoms with Crippen molar-refractivity contribution in [1.29, 1.82) is 0 Å². The average molecular weight is 248 g/mol. The summed E-state index contributed by atoms with van der Waals surface area (Å²) in [6.45, 7) is 7.53. The highest BCUT2D eigenvalue weighted by Gasteiger charge is 2.02. The number of nitrogens with one attached hydrogen (secondary N) is 2. The van der Waals surface area contributed by atoms with Gasteiger partial charge in [-0.25, -0.2) is 0 Å². The zero-order valence-electron chi connectivity index (χ0n) is 11.5. The predicted octanol–water partition coefficient (Wildman–Crippen LogP) is 1.33. The van der Waals surface area contributed by atoms with Crippen LogP contribution in [0.5, 0.6) is 0 Å². The van der Waals surface area contributed by atoms with Crippen molar-refractivity contribution >= 4 is 11.8 Å². The molecular formula is C12H28N2O3. The Morgan fingerprint density at radius 2 is 1.76 bits per heavy atom. The molecule has 0 unspecified atom stereocenters. The molecule has 0 spiro atoms. The molecule has 0 radical (unpaired) electrons. The maximum atomic E-state index is 11.2. The molecule has 0 aromatic rings. The summed E-state index contributed by atoms with van der Waals surface area (Å²) in [6, 6.07) is 0. The summed E-state index contributed by atoms with van der Waals surface area (Å²) in [5.41, 5.74) is 0. The van der Waals surface area contributed by atoms with E-state index in [1.807, 2.05) is 20.8 Å². The molecule has 0 aliphatic heterocycles. The maximum Gasteiger partial charge on any atom is 0.222 e. The van der Waals surface area contributed by atoms with E-state index >= 15 is 0 Å². The monoisotopic (exact) mass is 248 g/mol. The second-order valence-corrected chi connectivity index (χ2v) is 3.14. The van der Waals surface area contributed by atoms with Crippen LogP contribution in [0.4, 0.5) is 0 Å². The molecule has 104 valence electrons. The lowest BCUT2D eigenvalue weighted by atomic mass is 10.3. The summed E-state index contributed by atoms with van der Waals surface area (Å²) < 4.78 is 5.16. The molecule has 0 aromatic carbocycles. The number of hydrogen-bond donors (Lipinski definition) is 2. The zero-order chi connectivity index (χ0) is 13.5. The number of ether oxygens (including phenoxy) is 1. The van der Waals surface area contributed by atoms with Crippen molar-refractivity contribution in [3.63, 3.8) is 0 Å². The molecule has 0 bridgehead atoms. The van der Waals surface area contributed by atoms with Crippen LogP contribution in [-0.4, -0.2) is 38.6 Å². The second kappa shape index (κ2) is 14.9. The van der Waals surface area contributed by atoms with Crippen molar-refractivity contribution in [2.24, 2.45) is 0 Å². The molecule has 0 atom stereocenters. The van der Waals surface area contributed by atoms with Crippen molar-refractivity contribution in [1.82, 2.24) is 10.6 Å². The first-order chi connectivity index (χ1) is 8.20. The highest BCUT2D eigenvalue weighted by Crippen LogP contribution is 1.86. The lowest BCUT2D eigenvalue weighted by Gasteiger charge is -2.04. The third kappa shape index (κ3) is 14.9. The predicted molar refractivity (Wildman–Crippen MR) is 70.9 cm³/mol. The fourth-order valence-electron chi connectivity index (χ4n) is 0.940. The summed E-state index contributed by atoms with van der Waals surface area (Å²) in [5, 5.41) is 5.13. The van der Waals surface area contributed by atoms with Crippen LogP contribution in [0.2, 0.25) is 0 Å². The smallest absolute Gasteiger partial charge is 0.222 e. The molecule has 5 nitrogen and oxygen atoms in total. The SMILES string of the molecule is CC.CCCOCCC(=O)NCCC(=O)NC.[HH]. The van der Waals surface area contributed by atoms with E-state index in [9.17, 15) is 9.59 Å². The Labute approximate surface area is 106 Å².